The minimum absolute atomic E-state index is 0.0147. The highest BCUT2D eigenvalue weighted by Crippen LogP contribution is 2.24. The molecule has 0 saturated carbocycles. The number of methoxy groups -OCH3 is 1. The van der Waals surface area contributed by atoms with Gasteiger partial charge in [-0.3, -0.25) is 4.79 Å². The van der Waals surface area contributed by atoms with Crippen molar-refractivity contribution in [2.75, 3.05) is 19.5 Å². The Morgan fingerprint density at radius 3 is 2.47 bits per heavy atom. The fourth-order valence-corrected chi connectivity index (χ4v) is 1.80. The molecule has 1 atom stereocenters. The highest BCUT2D eigenvalue weighted by atomic mass is 16.5. The number of carbonyl (C=O) groups is 1. The van der Waals surface area contributed by atoms with E-state index in [1.807, 2.05) is 45.0 Å². The van der Waals surface area contributed by atoms with Crippen LogP contribution >= 0.6 is 0 Å². The molecule has 106 valence electrons. The van der Waals surface area contributed by atoms with Crippen LogP contribution in [0.15, 0.2) is 24.3 Å². The maximum absolute atomic E-state index is 12.3. The lowest BCUT2D eigenvalue weighted by molar-refractivity contribution is -0.126. The number of hydrogen-bond acceptors (Lipinski definition) is 3. The molecule has 0 spiro atoms. The fourth-order valence-electron chi connectivity index (χ4n) is 1.80. The van der Waals surface area contributed by atoms with Gasteiger partial charge in [0.15, 0.2) is 0 Å². The van der Waals surface area contributed by atoms with Gasteiger partial charge in [0, 0.05) is 25.4 Å². The van der Waals surface area contributed by atoms with Gasteiger partial charge in [-0.25, -0.2) is 0 Å². The zero-order valence-electron chi connectivity index (χ0n) is 12.2. The average molecular weight is 264 g/mol. The van der Waals surface area contributed by atoms with E-state index in [-0.39, 0.29) is 11.9 Å². The molecule has 0 aliphatic carbocycles. The summed E-state index contributed by atoms with van der Waals surface area (Å²) in [5, 5.41) is 3.02. The number of carbonyl (C=O) groups excluding carboxylic acids is 1. The number of benzene rings is 1. The molecular weight excluding hydrogens is 240 g/mol. The Morgan fingerprint density at radius 1 is 1.37 bits per heavy atom. The molecule has 1 amide bonds. The van der Waals surface area contributed by atoms with Gasteiger partial charge in [0.05, 0.1) is 5.41 Å². The van der Waals surface area contributed by atoms with Crippen LogP contribution in [0.25, 0.3) is 0 Å². The van der Waals surface area contributed by atoms with E-state index in [1.54, 1.807) is 7.11 Å². The van der Waals surface area contributed by atoms with Crippen molar-refractivity contribution in [2.45, 2.75) is 38.6 Å². The number of nitrogens with one attached hydrogen (secondary N) is 1. The minimum atomic E-state index is -0.574. The molecule has 0 aromatic heterocycles. The van der Waals surface area contributed by atoms with Gasteiger partial charge in [-0.2, -0.15) is 0 Å². The van der Waals surface area contributed by atoms with Gasteiger partial charge in [0.25, 0.3) is 0 Å². The van der Waals surface area contributed by atoms with Crippen LogP contribution in [0.3, 0.4) is 0 Å². The van der Waals surface area contributed by atoms with Crippen molar-refractivity contribution in [3.63, 3.8) is 0 Å². The molecule has 1 rings (SSSR count). The summed E-state index contributed by atoms with van der Waals surface area (Å²) in [4.78, 5) is 12.3. The second-order valence-electron chi connectivity index (χ2n) is 5.40. The van der Waals surface area contributed by atoms with Crippen molar-refractivity contribution in [1.29, 1.82) is 0 Å². The van der Waals surface area contributed by atoms with Crippen molar-refractivity contribution in [2.24, 2.45) is 0 Å². The molecule has 0 heterocycles. The Bertz CT molecular complexity index is 413. The minimum Gasteiger partial charge on any atom is -0.399 e. The smallest absolute Gasteiger partial charge is 0.230 e. The molecule has 1 aromatic carbocycles. The summed E-state index contributed by atoms with van der Waals surface area (Å²) < 4.78 is 5.01. The monoisotopic (exact) mass is 264 g/mol. The highest BCUT2D eigenvalue weighted by Gasteiger charge is 2.30. The summed E-state index contributed by atoms with van der Waals surface area (Å²) >= 11 is 0. The molecule has 4 heteroatoms. The van der Waals surface area contributed by atoms with Crippen LogP contribution in [0.5, 0.6) is 0 Å². The summed E-state index contributed by atoms with van der Waals surface area (Å²) in [5.41, 5.74) is 6.75. The van der Waals surface area contributed by atoms with Gasteiger partial charge >= 0.3 is 0 Å². The number of nitrogens with two attached hydrogens (primary N) is 1. The molecule has 3 N–H and O–H groups in total. The first-order valence-electron chi connectivity index (χ1n) is 6.54. The first-order chi connectivity index (χ1) is 8.87. The normalized spacial score (nSPS) is 13.1. The van der Waals surface area contributed by atoms with Crippen molar-refractivity contribution < 1.29 is 9.53 Å². The van der Waals surface area contributed by atoms with Crippen LogP contribution in [0, 0.1) is 0 Å². The van der Waals surface area contributed by atoms with Gasteiger partial charge in [-0.15, -0.1) is 0 Å². The van der Waals surface area contributed by atoms with Crippen LogP contribution in [0.1, 0.15) is 32.8 Å². The zero-order valence-corrected chi connectivity index (χ0v) is 12.2. The molecule has 0 fully saturated rings. The molecule has 4 nitrogen and oxygen atoms in total. The number of anilines is 1. The lowest BCUT2D eigenvalue weighted by atomic mass is 9.83. The topological polar surface area (TPSA) is 64.3 Å². The van der Waals surface area contributed by atoms with E-state index in [2.05, 4.69) is 5.32 Å². The first kappa shape index (κ1) is 15.5. The molecule has 1 unspecified atom stereocenters. The van der Waals surface area contributed by atoms with Gasteiger partial charge in [0.1, 0.15) is 0 Å². The SMILES string of the molecule is COCCC(C)NC(=O)C(C)(C)c1ccc(N)cc1. The van der Waals surface area contributed by atoms with Gasteiger partial charge in [0.2, 0.25) is 5.91 Å². The Balaban J connectivity index is 2.71. The number of nitrogen functional groups attached to an aromatic ring is 1. The van der Waals surface area contributed by atoms with Crippen molar-refractivity contribution in [1.82, 2.24) is 5.32 Å². The number of hydrogen-bond donors (Lipinski definition) is 2. The predicted octanol–water partition coefficient (Wildman–Crippen LogP) is 2.09. The summed E-state index contributed by atoms with van der Waals surface area (Å²) in [6, 6.07) is 7.53. The predicted molar refractivity (Wildman–Crippen MR) is 78.0 cm³/mol. The number of ether oxygens (including phenoxy) is 1. The summed E-state index contributed by atoms with van der Waals surface area (Å²) in [6.45, 7) is 6.45. The molecule has 0 bridgehead atoms. The van der Waals surface area contributed by atoms with Crippen LogP contribution in [-0.4, -0.2) is 25.7 Å². The molecule has 1 aromatic rings. The van der Waals surface area contributed by atoms with Crippen LogP contribution in [-0.2, 0) is 14.9 Å². The van der Waals surface area contributed by atoms with Crippen LogP contribution < -0.4 is 11.1 Å². The maximum atomic E-state index is 12.3. The third-order valence-corrected chi connectivity index (χ3v) is 3.33. The molecule has 0 saturated heterocycles. The van der Waals surface area contributed by atoms with E-state index >= 15 is 0 Å². The second-order valence-corrected chi connectivity index (χ2v) is 5.40. The molecule has 0 aliphatic heterocycles. The van der Waals surface area contributed by atoms with Crippen molar-refractivity contribution >= 4 is 11.6 Å². The van der Waals surface area contributed by atoms with E-state index in [1.165, 1.54) is 0 Å². The third-order valence-electron chi connectivity index (χ3n) is 3.33. The van der Waals surface area contributed by atoms with Crippen LogP contribution in [0.4, 0.5) is 5.69 Å². The average Bonchev–Trinajstić information content (AvgIpc) is 2.36. The Hall–Kier alpha value is -1.55. The molecule has 0 aliphatic rings. The van der Waals surface area contributed by atoms with Crippen molar-refractivity contribution in [3.8, 4) is 0 Å². The first-order valence-corrected chi connectivity index (χ1v) is 6.54. The fraction of sp³-hybridized carbons (Fsp3) is 0.533. The Morgan fingerprint density at radius 2 is 1.95 bits per heavy atom. The summed E-state index contributed by atoms with van der Waals surface area (Å²) in [7, 11) is 1.66. The maximum Gasteiger partial charge on any atom is 0.230 e. The Labute approximate surface area is 115 Å². The second kappa shape index (κ2) is 6.57. The summed E-state index contributed by atoms with van der Waals surface area (Å²) in [5.74, 6) is 0.0147. The van der Waals surface area contributed by atoms with E-state index in [0.29, 0.717) is 12.3 Å². The Kier molecular flexibility index (Phi) is 5.36. The zero-order chi connectivity index (χ0) is 14.5. The number of rotatable bonds is 6. The van der Waals surface area contributed by atoms with Crippen molar-refractivity contribution in [3.05, 3.63) is 29.8 Å². The van der Waals surface area contributed by atoms with Crippen LogP contribution in [0.2, 0.25) is 0 Å². The molecular formula is C15H24N2O2. The van der Waals surface area contributed by atoms with Gasteiger partial charge in [-0.05, 0) is 44.9 Å². The standard InChI is InChI=1S/C15H24N2O2/c1-11(9-10-19-4)17-14(18)15(2,3)12-5-7-13(16)8-6-12/h5-8,11H,9-10,16H2,1-4H3,(H,17,18). The van der Waals surface area contributed by atoms with E-state index in [0.717, 1.165) is 12.0 Å². The lowest BCUT2D eigenvalue weighted by Crippen LogP contribution is -2.44. The number of amides is 1. The summed E-state index contributed by atoms with van der Waals surface area (Å²) in [6.07, 6.45) is 0.806. The van der Waals surface area contributed by atoms with E-state index < -0.39 is 5.41 Å². The lowest BCUT2D eigenvalue weighted by Gasteiger charge is -2.26. The molecule has 0 radical (unpaired) electrons. The van der Waals surface area contributed by atoms with Gasteiger partial charge in [-0.1, -0.05) is 12.1 Å². The molecule has 19 heavy (non-hydrogen) atoms. The quantitative estimate of drug-likeness (QED) is 0.773. The van der Waals surface area contributed by atoms with E-state index in [9.17, 15) is 4.79 Å². The highest BCUT2D eigenvalue weighted by molar-refractivity contribution is 5.87. The largest absolute Gasteiger partial charge is 0.399 e. The third kappa shape index (κ3) is 4.24. The van der Waals surface area contributed by atoms with Gasteiger partial charge < -0.3 is 15.8 Å². The van der Waals surface area contributed by atoms with E-state index in [4.69, 9.17) is 10.5 Å².